The number of thioether (sulfide) groups is 1. The number of fused-ring (bicyclic) bond motifs is 1. The van der Waals surface area contributed by atoms with Crippen molar-refractivity contribution in [2.24, 2.45) is 0 Å². The summed E-state index contributed by atoms with van der Waals surface area (Å²) >= 11 is 1.51. The van der Waals surface area contributed by atoms with Crippen LogP contribution in [0.3, 0.4) is 0 Å². The first-order valence-corrected chi connectivity index (χ1v) is 8.62. The molecule has 1 aliphatic heterocycles. The lowest BCUT2D eigenvalue weighted by atomic mass is 10.1. The Morgan fingerprint density at radius 1 is 1.29 bits per heavy atom. The van der Waals surface area contributed by atoms with Gasteiger partial charge in [-0.3, -0.25) is 10.1 Å². The van der Waals surface area contributed by atoms with E-state index >= 15 is 0 Å². The molecule has 0 aromatic heterocycles. The Bertz CT molecular complexity index is 722. The van der Waals surface area contributed by atoms with E-state index in [-0.39, 0.29) is 12.5 Å². The molecule has 0 saturated heterocycles. The van der Waals surface area contributed by atoms with Gasteiger partial charge in [-0.15, -0.1) is 0 Å². The van der Waals surface area contributed by atoms with Crippen LogP contribution in [0.1, 0.15) is 22.8 Å². The van der Waals surface area contributed by atoms with Crippen molar-refractivity contribution >= 4 is 17.4 Å². The highest BCUT2D eigenvalue weighted by atomic mass is 32.2. The summed E-state index contributed by atoms with van der Waals surface area (Å²) in [5.41, 5.74) is 2.33. The minimum absolute atomic E-state index is 0.0297. The molecule has 1 N–H and O–H groups in total. The quantitative estimate of drug-likeness (QED) is 0.637. The van der Waals surface area contributed by atoms with Crippen molar-refractivity contribution in [2.45, 2.75) is 18.5 Å². The third kappa shape index (κ3) is 3.87. The third-order valence-electron chi connectivity index (χ3n) is 3.70. The lowest BCUT2D eigenvalue weighted by Crippen LogP contribution is -2.13. The van der Waals surface area contributed by atoms with Crippen LogP contribution < -0.4 is 4.74 Å². The number of aliphatic hydroxyl groups excluding tert-OH is 1. The molecule has 0 saturated carbocycles. The van der Waals surface area contributed by atoms with Gasteiger partial charge in [0.1, 0.15) is 5.75 Å². The topological polar surface area (TPSA) is 81.8 Å². The van der Waals surface area contributed by atoms with E-state index in [0.29, 0.717) is 29.4 Å². The molecular weight excluding hydrogens is 330 g/mol. The minimum Gasteiger partial charge on any atom is -0.467 e. The van der Waals surface area contributed by atoms with E-state index < -0.39 is 11.0 Å². The number of hydrogen-bond acceptors (Lipinski definition) is 6. The van der Waals surface area contributed by atoms with Crippen LogP contribution in [0.4, 0.5) is 5.69 Å². The monoisotopic (exact) mass is 347 g/mol. The highest BCUT2D eigenvalue weighted by molar-refractivity contribution is 7.98. The fourth-order valence-electron chi connectivity index (χ4n) is 2.55. The highest BCUT2D eigenvalue weighted by Gasteiger charge is 2.21. The van der Waals surface area contributed by atoms with Crippen molar-refractivity contribution < 1.29 is 19.5 Å². The molecule has 1 atom stereocenters. The van der Waals surface area contributed by atoms with Gasteiger partial charge in [-0.05, 0) is 5.56 Å². The van der Waals surface area contributed by atoms with Crippen molar-refractivity contribution in [3.05, 3.63) is 69.3 Å². The van der Waals surface area contributed by atoms with E-state index in [2.05, 4.69) is 0 Å². The Balaban J connectivity index is 1.70. The predicted octanol–water partition coefficient (Wildman–Crippen LogP) is 3.43. The summed E-state index contributed by atoms with van der Waals surface area (Å²) in [6.45, 7) is 0.455. The Morgan fingerprint density at radius 2 is 2.08 bits per heavy atom. The second-order valence-corrected chi connectivity index (χ2v) is 6.43. The summed E-state index contributed by atoms with van der Waals surface area (Å²) < 4.78 is 10.7. The summed E-state index contributed by atoms with van der Waals surface area (Å²) in [6, 6.07) is 12.4. The minimum atomic E-state index is -0.574. The van der Waals surface area contributed by atoms with Crippen molar-refractivity contribution in [3.8, 4) is 5.75 Å². The standard InChI is InChI=1S/C17H17NO5S/c19-16(12-4-2-1-3-5-12)10-24-9-14-7-15(18(20)21)6-13-8-22-11-23-17(13)14/h1-7,16,19H,8-11H2/t16-/m0/s1. The largest absolute Gasteiger partial charge is 0.467 e. The van der Waals surface area contributed by atoms with Crippen LogP contribution in [0.25, 0.3) is 0 Å². The van der Waals surface area contributed by atoms with Crippen molar-refractivity contribution in [1.82, 2.24) is 0 Å². The average molecular weight is 347 g/mol. The van der Waals surface area contributed by atoms with Crippen molar-refractivity contribution in [2.75, 3.05) is 12.5 Å². The molecule has 0 fully saturated rings. The van der Waals surface area contributed by atoms with Crippen LogP contribution in [0.15, 0.2) is 42.5 Å². The lowest BCUT2D eigenvalue weighted by molar-refractivity contribution is -0.385. The zero-order chi connectivity index (χ0) is 16.9. The summed E-state index contributed by atoms with van der Waals surface area (Å²) in [5, 5.41) is 21.3. The number of nitrogens with zero attached hydrogens (tertiary/aromatic N) is 1. The number of nitro groups is 1. The van der Waals surface area contributed by atoms with Crippen LogP contribution in [-0.4, -0.2) is 22.6 Å². The number of nitro benzene ring substituents is 1. The first kappa shape index (κ1) is 16.8. The zero-order valence-corrected chi connectivity index (χ0v) is 13.7. The molecule has 0 radical (unpaired) electrons. The number of aliphatic hydroxyl groups is 1. The van der Waals surface area contributed by atoms with Gasteiger partial charge in [0.2, 0.25) is 0 Å². The SMILES string of the molecule is O=[N+]([O-])c1cc2c(c(CSC[C@H](O)c3ccccc3)c1)OCOC2. The molecule has 0 unspecified atom stereocenters. The summed E-state index contributed by atoms with van der Waals surface area (Å²) in [7, 11) is 0. The lowest BCUT2D eigenvalue weighted by Gasteiger charge is -2.20. The van der Waals surface area contributed by atoms with Crippen LogP contribution in [0.2, 0.25) is 0 Å². The van der Waals surface area contributed by atoms with Crippen molar-refractivity contribution in [1.29, 1.82) is 0 Å². The van der Waals surface area contributed by atoms with Gasteiger partial charge in [-0.1, -0.05) is 30.3 Å². The highest BCUT2D eigenvalue weighted by Crippen LogP contribution is 2.35. The van der Waals surface area contributed by atoms with Gasteiger partial charge in [-0.25, -0.2) is 0 Å². The molecule has 0 bridgehead atoms. The second-order valence-electron chi connectivity index (χ2n) is 5.40. The second kappa shape index (κ2) is 7.65. The molecule has 0 spiro atoms. The maximum absolute atomic E-state index is 11.1. The Hall–Kier alpha value is -2.09. The number of hydrogen-bond donors (Lipinski definition) is 1. The molecule has 1 heterocycles. The molecule has 6 nitrogen and oxygen atoms in total. The van der Waals surface area contributed by atoms with Gasteiger partial charge in [0.15, 0.2) is 6.79 Å². The molecule has 2 aromatic rings. The number of benzene rings is 2. The van der Waals surface area contributed by atoms with Crippen molar-refractivity contribution in [3.63, 3.8) is 0 Å². The van der Waals surface area contributed by atoms with Gasteiger partial charge < -0.3 is 14.6 Å². The van der Waals surface area contributed by atoms with E-state index in [1.54, 1.807) is 0 Å². The normalized spacial score (nSPS) is 14.5. The zero-order valence-electron chi connectivity index (χ0n) is 12.9. The summed E-state index contributed by atoms with van der Waals surface area (Å²) in [4.78, 5) is 10.7. The fraction of sp³-hybridized carbons (Fsp3) is 0.294. The average Bonchev–Trinajstić information content (AvgIpc) is 2.62. The van der Waals surface area contributed by atoms with Gasteiger partial charge in [-0.2, -0.15) is 11.8 Å². The molecule has 126 valence electrons. The number of non-ortho nitro benzene ring substituents is 1. The Labute approximate surface area is 143 Å². The first-order valence-electron chi connectivity index (χ1n) is 7.46. The van der Waals surface area contributed by atoms with E-state index in [0.717, 1.165) is 11.1 Å². The number of ether oxygens (including phenoxy) is 2. The molecular formula is C17H17NO5S. The molecule has 0 amide bonds. The van der Waals surface area contributed by atoms with E-state index in [1.165, 1.54) is 23.9 Å². The van der Waals surface area contributed by atoms with Gasteiger partial charge in [0.25, 0.3) is 5.69 Å². The number of rotatable bonds is 6. The van der Waals surface area contributed by atoms with Gasteiger partial charge in [0, 0.05) is 34.8 Å². The van der Waals surface area contributed by atoms with E-state index in [4.69, 9.17) is 9.47 Å². The van der Waals surface area contributed by atoms with E-state index in [1.807, 2.05) is 30.3 Å². The molecule has 0 aliphatic carbocycles. The molecule has 3 rings (SSSR count). The Kier molecular flexibility index (Phi) is 5.34. The molecule has 2 aromatic carbocycles. The molecule has 7 heteroatoms. The van der Waals surface area contributed by atoms with Crippen LogP contribution in [-0.2, 0) is 17.1 Å². The van der Waals surface area contributed by atoms with E-state index in [9.17, 15) is 15.2 Å². The molecule has 1 aliphatic rings. The first-order chi connectivity index (χ1) is 11.6. The van der Waals surface area contributed by atoms with Crippen LogP contribution in [0, 0.1) is 10.1 Å². The van der Waals surface area contributed by atoms with Crippen LogP contribution >= 0.6 is 11.8 Å². The fourth-order valence-corrected chi connectivity index (χ4v) is 3.51. The Morgan fingerprint density at radius 3 is 2.83 bits per heavy atom. The maximum Gasteiger partial charge on any atom is 0.270 e. The van der Waals surface area contributed by atoms with Gasteiger partial charge >= 0.3 is 0 Å². The third-order valence-corrected chi connectivity index (χ3v) is 4.77. The maximum atomic E-state index is 11.1. The molecule has 24 heavy (non-hydrogen) atoms. The predicted molar refractivity (Wildman–Crippen MR) is 90.9 cm³/mol. The van der Waals surface area contributed by atoms with Crippen LogP contribution in [0.5, 0.6) is 5.75 Å². The summed E-state index contributed by atoms with van der Waals surface area (Å²) in [5.74, 6) is 1.68. The van der Waals surface area contributed by atoms with Gasteiger partial charge in [0.05, 0.1) is 17.6 Å². The summed E-state index contributed by atoms with van der Waals surface area (Å²) in [6.07, 6.45) is -0.574. The smallest absolute Gasteiger partial charge is 0.270 e.